The lowest BCUT2D eigenvalue weighted by Gasteiger charge is -2.32. The first-order valence-electron chi connectivity index (χ1n) is 9.34. The lowest BCUT2D eigenvalue weighted by Crippen LogP contribution is -3.00. The molecule has 0 bridgehead atoms. The van der Waals surface area contributed by atoms with Crippen molar-refractivity contribution in [3.63, 3.8) is 0 Å². The molecular formula is C20H38I2N2. The molecule has 0 aliphatic rings. The molecule has 142 valence electrons. The number of nitrogens with zero attached hydrogens (tertiary/aromatic N) is 1. The van der Waals surface area contributed by atoms with Crippen LogP contribution in [0.5, 0.6) is 0 Å². The van der Waals surface area contributed by atoms with E-state index in [0.717, 1.165) is 6.04 Å². The normalized spacial score (nSPS) is 11.1. The molecule has 24 heavy (non-hydrogen) atoms. The van der Waals surface area contributed by atoms with Gasteiger partial charge in [-0.1, -0.05) is 26.0 Å². The van der Waals surface area contributed by atoms with Crippen molar-refractivity contribution in [3.8, 4) is 0 Å². The molecule has 0 aliphatic heterocycles. The van der Waals surface area contributed by atoms with Gasteiger partial charge in [-0.25, -0.2) is 0 Å². The minimum atomic E-state index is 0. The molecule has 1 aromatic carbocycles. The number of quaternary nitrogens is 2. The number of unbranched alkanes of at least 4 members (excludes halogenated alkanes) is 1. The highest BCUT2D eigenvalue weighted by atomic mass is 127. The van der Waals surface area contributed by atoms with E-state index in [1.165, 1.54) is 67.5 Å². The number of rotatable bonds is 11. The van der Waals surface area contributed by atoms with E-state index in [1.807, 2.05) is 0 Å². The van der Waals surface area contributed by atoms with Crippen molar-refractivity contribution >= 4 is 5.69 Å². The fourth-order valence-electron chi connectivity index (χ4n) is 2.95. The number of aryl methyl sites for hydroxylation is 1. The van der Waals surface area contributed by atoms with Gasteiger partial charge in [-0.15, -0.1) is 0 Å². The molecule has 0 saturated heterocycles. The molecule has 0 atom stereocenters. The Labute approximate surface area is 184 Å². The first-order chi connectivity index (χ1) is 10.6. The predicted molar refractivity (Wildman–Crippen MR) is 97.5 cm³/mol. The molecule has 0 aromatic heterocycles. The third kappa shape index (κ3) is 9.92. The molecule has 4 heteroatoms. The zero-order valence-electron chi connectivity index (χ0n) is 16.3. The Morgan fingerprint density at radius 1 is 0.875 bits per heavy atom. The summed E-state index contributed by atoms with van der Waals surface area (Å²) >= 11 is 0. The standard InChI is InChI=1S/C20H37N2.2HI/c1-6-19(7-2)21-20-15-13-18(14-16-20)12-10-11-17-22(5,8-3)9-4;;/h13-16,19,21H,6-12,17H2,1-5H3;2*1H/q+1;;/p-1. The molecule has 0 fully saturated rings. The minimum Gasteiger partial charge on any atom is -1.00 e. The lowest BCUT2D eigenvalue weighted by atomic mass is 10.1. The van der Waals surface area contributed by atoms with Crippen LogP contribution in [0, 0.1) is 0 Å². The van der Waals surface area contributed by atoms with Gasteiger partial charge in [0.1, 0.15) is 5.69 Å². The van der Waals surface area contributed by atoms with Gasteiger partial charge < -0.3 is 57.8 Å². The SMILES string of the molecule is CCC(CC)[NH2+]c1ccc(CCCC[N+](C)(CC)CC)cc1.[I-].[I-]. The summed E-state index contributed by atoms with van der Waals surface area (Å²) in [6.07, 6.45) is 6.34. The first kappa shape index (κ1) is 26.8. The average Bonchev–Trinajstić information content (AvgIpc) is 2.57. The van der Waals surface area contributed by atoms with Crippen LogP contribution in [0.15, 0.2) is 24.3 Å². The van der Waals surface area contributed by atoms with E-state index in [0.29, 0.717) is 0 Å². The third-order valence-electron chi connectivity index (χ3n) is 5.40. The fourth-order valence-corrected chi connectivity index (χ4v) is 2.95. The maximum atomic E-state index is 2.43. The average molecular weight is 560 g/mol. The Hall–Kier alpha value is 0.600. The number of halogens is 2. The quantitative estimate of drug-likeness (QED) is 0.138. The molecule has 0 radical (unpaired) electrons. The second-order valence-corrected chi connectivity index (χ2v) is 6.92. The fraction of sp³-hybridized carbons (Fsp3) is 0.700. The van der Waals surface area contributed by atoms with E-state index in [1.54, 1.807) is 0 Å². The largest absolute Gasteiger partial charge is 1.00 e. The minimum absolute atomic E-state index is 0. The number of nitrogens with two attached hydrogens (primary N) is 1. The Morgan fingerprint density at radius 2 is 1.42 bits per heavy atom. The molecule has 1 rings (SSSR count). The molecule has 0 unspecified atom stereocenters. The van der Waals surface area contributed by atoms with Gasteiger partial charge in [0.15, 0.2) is 0 Å². The van der Waals surface area contributed by atoms with Crippen LogP contribution in [0.3, 0.4) is 0 Å². The van der Waals surface area contributed by atoms with Gasteiger partial charge in [0.25, 0.3) is 0 Å². The first-order valence-corrected chi connectivity index (χ1v) is 9.34. The Kier molecular flexibility index (Phi) is 16.5. The molecule has 0 spiro atoms. The summed E-state index contributed by atoms with van der Waals surface area (Å²) in [7, 11) is 2.38. The van der Waals surface area contributed by atoms with Crippen LogP contribution in [0.2, 0.25) is 0 Å². The summed E-state index contributed by atoms with van der Waals surface area (Å²) in [6, 6.07) is 9.96. The molecule has 1 aromatic rings. The summed E-state index contributed by atoms with van der Waals surface area (Å²) in [5.74, 6) is 0. The highest BCUT2D eigenvalue weighted by Gasteiger charge is 2.15. The van der Waals surface area contributed by atoms with Crippen LogP contribution in [-0.4, -0.2) is 37.2 Å². The van der Waals surface area contributed by atoms with Crippen LogP contribution in [0.1, 0.15) is 58.9 Å². The molecule has 2 nitrogen and oxygen atoms in total. The van der Waals surface area contributed by atoms with Gasteiger partial charge in [-0.2, -0.15) is 0 Å². The van der Waals surface area contributed by atoms with Crippen molar-refractivity contribution < 1.29 is 57.8 Å². The maximum Gasteiger partial charge on any atom is 0.129 e. The van der Waals surface area contributed by atoms with Crippen molar-refractivity contribution in [1.29, 1.82) is 0 Å². The van der Waals surface area contributed by atoms with Crippen LogP contribution in [0.25, 0.3) is 0 Å². The van der Waals surface area contributed by atoms with Crippen molar-refractivity contribution in [2.24, 2.45) is 0 Å². The zero-order chi connectivity index (χ0) is 16.4. The highest BCUT2D eigenvalue weighted by molar-refractivity contribution is 5.32. The van der Waals surface area contributed by atoms with Gasteiger partial charge in [-0.3, -0.25) is 0 Å². The third-order valence-corrected chi connectivity index (χ3v) is 5.40. The van der Waals surface area contributed by atoms with Crippen LogP contribution in [-0.2, 0) is 6.42 Å². The van der Waals surface area contributed by atoms with Gasteiger partial charge in [-0.05, 0) is 63.6 Å². The van der Waals surface area contributed by atoms with Crippen LogP contribution in [0.4, 0.5) is 5.69 Å². The molecule has 0 heterocycles. The lowest BCUT2D eigenvalue weighted by molar-refractivity contribution is -0.906. The predicted octanol–water partition coefficient (Wildman–Crippen LogP) is -2.11. The van der Waals surface area contributed by atoms with E-state index < -0.39 is 0 Å². The van der Waals surface area contributed by atoms with Crippen LogP contribution < -0.4 is 53.3 Å². The topological polar surface area (TPSA) is 16.6 Å². The molecule has 2 N–H and O–H groups in total. The monoisotopic (exact) mass is 560 g/mol. The summed E-state index contributed by atoms with van der Waals surface area (Å²) in [5.41, 5.74) is 2.88. The second kappa shape index (κ2) is 14.7. The zero-order valence-corrected chi connectivity index (χ0v) is 20.6. The second-order valence-electron chi connectivity index (χ2n) is 6.92. The number of hydrogen-bond acceptors (Lipinski definition) is 0. The Bertz CT molecular complexity index is 399. The Morgan fingerprint density at radius 3 is 1.88 bits per heavy atom. The van der Waals surface area contributed by atoms with E-state index in [9.17, 15) is 0 Å². The smallest absolute Gasteiger partial charge is 0.129 e. The van der Waals surface area contributed by atoms with Crippen molar-refractivity contribution in [1.82, 2.24) is 0 Å². The number of hydrogen-bond donors (Lipinski definition) is 1. The maximum absolute atomic E-state index is 2.43. The van der Waals surface area contributed by atoms with E-state index in [-0.39, 0.29) is 48.0 Å². The van der Waals surface area contributed by atoms with Gasteiger partial charge in [0.2, 0.25) is 0 Å². The van der Waals surface area contributed by atoms with Gasteiger partial charge in [0.05, 0.1) is 32.7 Å². The van der Waals surface area contributed by atoms with Crippen molar-refractivity contribution in [3.05, 3.63) is 29.8 Å². The highest BCUT2D eigenvalue weighted by Crippen LogP contribution is 2.11. The van der Waals surface area contributed by atoms with Crippen LogP contribution >= 0.6 is 0 Å². The molecule has 0 saturated carbocycles. The van der Waals surface area contributed by atoms with E-state index in [4.69, 9.17) is 0 Å². The summed E-state index contributed by atoms with van der Waals surface area (Å²) in [5, 5.41) is 2.43. The van der Waals surface area contributed by atoms with Crippen molar-refractivity contribution in [2.45, 2.75) is 65.8 Å². The van der Waals surface area contributed by atoms with E-state index in [2.05, 4.69) is 64.3 Å². The van der Waals surface area contributed by atoms with Gasteiger partial charge >= 0.3 is 0 Å². The van der Waals surface area contributed by atoms with Crippen molar-refractivity contribution in [2.75, 3.05) is 26.7 Å². The summed E-state index contributed by atoms with van der Waals surface area (Å²) in [4.78, 5) is 0. The summed E-state index contributed by atoms with van der Waals surface area (Å²) < 4.78 is 1.21. The molecule has 0 aliphatic carbocycles. The summed E-state index contributed by atoms with van der Waals surface area (Å²) in [6.45, 7) is 13.0. The van der Waals surface area contributed by atoms with E-state index >= 15 is 0 Å². The number of benzene rings is 1. The van der Waals surface area contributed by atoms with Gasteiger partial charge in [0, 0.05) is 0 Å². The Balaban J connectivity index is 0. The molecular weight excluding hydrogens is 522 g/mol. The molecule has 0 amide bonds.